The number of aromatic nitrogens is 1. The predicted octanol–water partition coefficient (Wildman–Crippen LogP) is 4.58. The molecule has 34 heavy (non-hydrogen) atoms. The summed E-state index contributed by atoms with van der Waals surface area (Å²) in [5, 5.41) is 14.4. The highest BCUT2D eigenvalue weighted by molar-refractivity contribution is 7.15. The summed E-state index contributed by atoms with van der Waals surface area (Å²) >= 11 is 1.65. The number of methoxy groups -OCH3 is 1. The van der Waals surface area contributed by atoms with Gasteiger partial charge in [0, 0.05) is 21.8 Å². The highest BCUT2D eigenvalue weighted by atomic mass is 32.1. The van der Waals surface area contributed by atoms with Crippen molar-refractivity contribution in [3.8, 4) is 11.1 Å². The summed E-state index contributed by atoms with van der Waals surface area (Å²) in [5.74, 6) is -1.74. The molecule has 174 valence electrons. The molecular weight excluding hydrogens is 448 g/mol. The molecule has 0 bridgehead atoms. The van der Waals surface area contributed by atoms with Gasteiger partial charge in [-0.15, -0.1) is 11.3 Å². The molecule has 1 aliphatic carbocycles. The van der Waals surface area contributed by atoms with E-state index >= 15 is 0 Å². The fourth-order valence-electron chi connectivity index (χ4n) is 4.41. The maximum absolute atomic E-state index is 12.7. The van der Waals surface area contributed by atoms with Crippen LogP contribution in [0.4, 0.5) is 0 Å². The van der Waals surface area contributed by atoms with E-state index in [1.165, 1.54) is 12.0 Å². The van der Waals surface area contributed by atoms with E-state index in [1.807, 2.05) is 32.0 Å². The SMILES string of the molecule is COC(=O)c1c(-n2c(C)cc(/C=N\NC(=O)[C@@H](C#N)c3ccccc3)c2C)sc2c1CCCC2. The Hall–Kier alpha value is -3.70. The Labute approximate surface area is 202 Å². The van der Waals surface area contributed by atoms with E-state index in [0.717, 1.165) is 53.2 Å². The number of amides is 1. The lowest BCUT2D eigenvalue weighted by molar-refractivity contribution is -0.121. The van der Waals surface area contributed by atoms with Crippen molar-refractivity contribution in [1.82, 2.24) is 9.99 Å². The molecule has 0 fully saturated rings. The number of esters is 1. The third-order valence-electron chi connectivity index (χ3n) is 6.12. The Balaban J connectivity index is 1.61. The summed E-state index contributed by atoms with van der Waals surface area (Å²) in [6, 6.07) is 12.9. The Morgan fingerprint density at radius 1 is 1.24 bits per heavy atom. The van der Waals surface area contributed by atoms with E-state index in [9.17, 15) is 14.9 Å². The predicted molar refractivity (Wildman–Crippen MR) is 132 cm³/mol. The number of thiophene rings is 1. The number of nitrogens with zero attached hydrogens (tertiary/aromatic N) is 3. The van der Waals surface area contributed by atoms with Crippen LogP contribution in [0.25, 0.3) is 5.00 Å². The molecule has 0 saturated heterocycles. The van der Waals surface area contributed by atoms with Crippen molar-refractivity contribution in [2.45, 2.75) is 45.4 Å². The number of ether oxygens (including phenoxy) is 1. The molecule has 1 amide bonds. The van der Waals surface area contributed by atoms with Gasteiger partial charge < -0.3 is 9.30 Å². The first kappa shape index (κ1) is 23.5. The van der Waals surface area contributed by atoms with Crippen LogP contribution in [0, 0.1) is 25.2 Å². The Bertz CT molecular complexity index is 1300. The topological polar surface area (TPSA) is 96.5 Å². The van der Waals surface area contributed by atoms with Crippen molar-refractivity contribution in [2.75, 3.05) is 7.11 Å². The zero-order valence-corrected chi connectivity index (χ0v) is 20.2. The van der Waals surface area contributed by atoms with Crippen LogP contribution >= 0.6 is 11.3 Å². The van der Waals surface area contributed by atoms with E-state index in [0.29, 0.717) is 11.1 Å². The van der Waals surface area contributed by atoms with Gasteiger partial charge in [-0.1, -0.05) is 30.3 Å². The number of hydrogen-bond acceptors (Lipinski definition) is 6. The second kappa shape index (κ2) is 10.1. The van der Waals surface area contributed by atoms with E-state index in [4.69, 9.17) is 4.74 Å². The van der Waals surface area contributed by atoms with Crippen LogP contribution in [-0.2, 0) is 22.4 Å². The molecule has 2 heterocycles. The summed E-state index contributed by atoms with van der Waals surface area (Å²) < 4.78 is 7.18. The molecule has 0 radical (unpaired) electrons. The molecule has 4 rings (SSSR count). The smallest absolute Gasteiger partial charge is 0.341 e. The number of rotatable bonds is 6. The minimum atomic E-state index is -0.939. The largest absolute Gasteiger partial charge is 0.465 e. The average molecular weight is 475 g/mol. The van der Waals surface area contributed by atoms with Gasteiger partial charge >= 0.3 is 5.97 Å². The highest BCUT2D eigenvalue weighted by Crippen LogP contribution is 2.39. The van der Waals surface area contributed by atoms with Crippen molar-refractivity contribution < 1.29 is 14.3 Å². The monoisotopic (exact) mass is 474 g/mol. The molecule has 1 aromatic carbocycles. The van der Waals surface area contributed by atoms with Crippen LogP contribution in [0.5, 0.6) is 0 Å². The summed E-state index contributed by atoms with van der Waals surface area (Å²) in [5.41, 5.74) is 7.53. The summed E-state index contributed by atoms with van der Waals surface area (Å²) in [6.45, 7) is 3.93. The Morgan fingerprint density at radius 3 is 2.68 bits per heavy atom. The number of hydrogen-bond donors (Lipinski definition) is 1. The summed E-state index contributed by atoms with van der Waals surface area (Å²) in [6.07, 6.45) is 5.63. The van der Waals surface area contributed by atoms with Crippen LogP contribution < -0.4 is 5.43 Å². The van der Waals surface area contributed by atoms with E-state index < -0.39 is 11.8 Å². The zero-order valence-electron chi connectivity index (χ0n) is 19.4. The van der Waals surface area contributed by atoms with Gasteiger partial charge in [-0.25, -0.2) is 10.2 Å². The van der Waals surface area contributed by atoms with Crippen LogP contribution in [0.3, 0.4) is 0 Å². The van der Waals surface area contributed by atoms with E-state index in [1.54, 1.807) is 41.8 Å². The minimum Gasteiger partial charge on any atom is -0.465 e. The lowest BCUT2D eigenvalue weighted by atomic mass is 9.95. The minimum absolute atomic E-state index is 0.312. The van der Waals surface area contributed by atoms with Gasteiger partial charge in [0.15, 0.2) is 5.92 Å². The first-order valence-electron chi connectivity index (χ1n) is 11.2. The number of carbonyl (C=O) groups is 2. The fraction of sp³-hybridized carbons (Fsp3) is 0.308. The van der Waals surface area contributed by atoms with Gasteiger partial charge in [0.1, 0.15) is 5.00 Å². The van der Waals surface area contributed by atoms with Crippen LogP contribution in [-0.4, -0.2) is 29.8 Å². The van der Waals surface area contributed by atoms with Crippen molar-refractivity contribution >= 4 is 29.4 Å². The first-order valence-corrected chi connectivity index (χ1v) is 12.0. The number of fused-ring (bicyclic) bond motifs is 1. The molecule has 0 aliphatic heterocycles. The molecule has 0 saturated carbocycles. The van der Waals surface area contributed by atoms with Crippen LogP contribution in [0.1, 0.15) is 62.1 Å². The lowest BCUT2D eigenvalue weighted by Crippen LogP contribution is -2.24. The Kier molecular flexibility index (Phi) is 6.94. The molecule has 1 N–H and O–H groups in total. The number of benzene rings is 1. The van der Waals surface area contributed by atoms with E-state index in [-0.39, 0.29) is 5.97 Å². The van der Waals surface area contributed by atoms with Gasteiger partial charge in [-0.3, -0.25) is 4.79 Å². The van der Waals surface area contributed by atoms with Gasteiger partial charge in [0.2, 0.25) is 0 Å². The second-order valence-corrected chi connectivity index (χ2v) is 9.34. The zero-order chi connectivity index (χ0) is 24.2. The molecule has 1 aliphatic rings. The molecule has 2 aromatic heterocycles. The van der Waals surface area contributed by atoms with Gasteiger partial charge in [0.05, 0.1) is 25.0 Å². The molecular formula is C26H26N4O3S. The normalized spacial score (nSPS) is 13.8. The quantitative estimate of drug-likeness (QED) is 0.321. The maximum atomic E-state index is 12.7. The first-order chi connectivity index (χ1) is 16.5. The molecule has 0 unspecified atom stereocenters. The molecule has 3 aromatic rings. The number of nitriles is 1. The van der Waals surface area contributed by atoms with Gasteiger partial charge in [-0.05, 0) is 56.7 Å². The second-order valence-electron chi connectivity index (χ2n) is 8.25. The molecule has 1 atom stereocenters. The average Bonchev–Trinajstić information content (AvgIpc) is 3.36. The lowest BCUT2D eigenvalue weighted by Gasteiger charge is -2.12. The van der Waals surface area contributed by atoms with Crippen LogP contribution in [0.2, 0.25) is 0 Å². The van der Waals surface area contributed by atoms with Crippen molar-refractivity contribution in [3.63, 3.8) is 0 Å². The molecule has 8 heteroatoms. The summed E-state index contributed by atoms with van der Waals surface area (Å²) in [4.78, 5) is 26.5. The van der Waals surface area contributed by atoms with E-state index in [2.05, 4.69) is 15.1 Å². The van der Waals surface area contributed by atoms with Crippen molar-refractivity contribution in [1.29, 1.82) is 5.26 Å². The number of nitrogens with one attached hydrogen (secondary N) is 1. The van der Waals surface area contributed by atoms with Crippen LogP contribution in [0.15, 0.2) is 41.5 Å². The molecule has 7 nitrogen and oxygen atoms in total. The Morgan fingerprint density at radius 2 is 1.97 bits per heavy atom. The third kappa shape index (κ3) is 4.39. The number of carbonyl (C=O) groups excluding carboxylic acids is 2. The number of hydrazone groups is 1. The maximum Gasteiger partial charge on any atom is 0.341 e. The van der Waals surface area contributed by atoms with Gasteiger partial charge in [-0.2, -0.15) is 10.4 Å². The fourth-order valence-corrected chi connectivity index (χ4v) is 5.90. The molecule has 0 spiro atoms. The van der Waals surface area contributed by atoms with Crippen molar-refractivity contribution in [3.05, 3.63) is 74.9 Å². The summed E-state index contributed by atoms with van der Waals surface area (Å²) in [7, 11) is 1.42. The standard InChI is InChI=1S/C26H26N4O3S/c1-16-13-19(15-28-29-24(31)21(14-27)18-9-5-4-6-10-18)17(2)30(16)25-23(26(32)33-3)20-11-7-8-12-22(20)34-25/h4-6,9-10,13,15,21H,7-8,11-12H2,1-3H3,(H,29,31)/b28-15-/t21-/m0/s1. The number of aryl methyl sites for hydroxylation is 2. The highest BCUT2D eigenvalue weighted by Gasteiger charge is 2.28. The van der Waals surface area contributed by atoms with Crippen molar-refractivity contribution in [2.24, 2.45) is 5.10 Å². The van der Waals surface area contributed by atoms with Gasteiger partial charge in [0.25, 0.3) is 5.91 Å². The third-order valence-corrected chi connectivity index (χ3v) is 7.40.